The molecule has 1 rings (SSSR count). The van der Waals surface area contributed by atoms with Gasteiger partial charge in [-0.1, -0.05) is 0 Å². The van der Waals surface area contributed by atoms with Crippen LogP contribution in [0, 0.1) is 0 Å². The number of halogens is 1. The van der Waals surface area contributed by atoms with Crippen LogP contribution in [0.25, 0.3) is 0 Å². The van der Waals surface area contributed by atoms with E-state index in [1.54, 1.807) is 0 Å². The number of nitrogens with zero attached hydrogens (tertiary/aromatic N) is 1. The van der Waals surface area contributed by atoms with Crippen molar-refractivity contribution in [3.63, 3.8) is 0 Å². The summed E-state index contributed by atoms with van der Waals surface area (Å²) in [5.74, 6) is -0.572. The van der Waals surface area contributed by atoms with Crippen LogP contribution in [0.4, 0.5) is 4.39 Å². The summed E-state index contributed by atoms with van der Waals surface area (Å²) in [7, 11) is 1.23. The highest BCUT2D eigenvalue weighted by atomic mass is 19.1. The van der Waals surface area contributed by atoms with Gasteiger partial charge in [0.1, 0.15) is 12.8 Å². The molecule has 0 bridgehead atoms. The number of carbonyl (C=O) groups is 1. The van der Waals surface area contributed by atoms with Crippen LogP contribution in [0.15, 0.2) is 0 Å². The first kappa shape index (κ1) is 9.41. The molecule has 70 valence electrons. The largest absolute Gasteiger partial charge is 0.468 e. The summed E-state index contributed by atoms with van der Waals surface area (Å²) in [5, 5.41) is 9.28. The van der Waals surface area contributed by atoms with Crippen molar-refractivity contribution < 1.29 is 19.0 Å². The second-order valence-corrected chi connectivity index (χ2v) is 2.76. The fourth-order valence-electron chi connectivity index (χ4n) is 1.40. The molecule has 0 aromatic carbocycles. The lowest BCUT2D eigenvalue weighted by Gasteiger charge is -2.19. The molecular formula is C7H12FNO3. The van der Waals surface area contributed by atoms with E-state index in [-0.39, 0.29) is 0 Å². The molecule has 0 aromatic heterocycles. The van der Waals surface area contributed by atoms with E-state index in [2.05, 4.69) is 4.74 Å². The minimum atomic E-state index is -0.819. The van der Waals surface area contributed by atoms with E-state index < -0.39 is 24.9 Å². The van der Waals surface area contributed by atoms with Crippen molar-refractivity contribution in [1.82, 2.24) is 4.90 Å². The van der Waals surface area contributed by atoms with Gasteiger partial charge in [-0.15, -0.1) is 0 Å². The third kappa shape index (κ3) is 1.56. The first-order valence-corrected chi connectivity index (χ1v) is 3.76. The number of rotatable bonds is 2. The van der Waals surface area contributed by atoms with Crippen LogP contribution in [-0.2, 0) is 9.53 Å². The Morgan fingerprint density at radius 2 is 2.50 bits per heavy atom. The molecular weight excluding hydrogens is 165 g/mol. The number of hydrogen-bond donors (Lipinski definition) is 1. The van der Waals surface area contributed by atoms with Crippen molar-refractivity contribution in [1.29, 1.82) is 0 Å². The van der Waals surface area contributed by atoms with E-state index in [1.165, 1.54) is 12.0 Å². The number of ether oxygens (including phenoxy) is 1. The van der Waals surface area contributed by atoms with Crippen molar-refractivity contribution in [2.24, 2.45) is 0 Å². The predicted molar refractivity (Wildman–Crippen MR) is 39.1 cm³/mol. The van der Waals surface area contributed by atoms with E-state index in [4.69, 9.17) is 0 Å². The van der Waals surface area contributed by atoms with E-state index in [0.717, 1.165) is 0 Å². The molecule has 1 N–H and O–H groups in total. The number of alkyl halides is 1. The zero-order valence-electron chi connectivity index (χ0n) is 6.86. The Labute approximate surface area is 69.9 Å². The SMILES string of the molecule is COC(=O)C1C(O)CCN1CF. The Morgan fingerprint density at radius 1 is 1.83 bits per heavy atom. The number of hydrogen-bond acceptors (Lipinski definition) is 4. The Morgan fingerprint density at radius 3 is 3.00 bits per heavy atom. The maximum absolute atomic E-state index is 12.2. The van der Waals surface area contributed by atoms with Gasteiger partial charge in [-0.2, -0.15) is 0 Å². The molecule has 0 aliphatic carbocycles. The number of aliphatic hydroxyl groups excluding tert-OH is 1. The van der Waals surface area contributed by atoms with Gasteiger partial charge in [0.25, 0.3) is 0 Å². The summed E-state index contributed by atoms with van der Waals surface area (Å²) in [5.41, 5.74) is 0. The normalized spacial score (nSPS) is 30.6. The molecule has 0 amide bonds. The Kier molecular flexibility index (Phi) is 2.99. The van der Waals surface area contributed by atoms with Gasteiger partial charge in [0.2, 0.25) is 0 Å². The second-order valence-electron chi connectivity index (χ2n) is 2.76. The van der Waals surface area contributed by atoms with Crippen LogP contribution in [0.2, 0.25) is 0 Å². The monoisotopic (exact) mass is 177 g/mol. The second kappa shape index (κ2) is 3.82. The van der Waals surface area contributed by atoms with Crippen molar-refractivity contribution in [3.8, 4) is 0 Å². The third-order valence-electron chi connectivity index (χ3n) is 2.07. The molecule has 2 unspecified atom stereocenters. The van der Waals surface area contributed by atoms with Crippen LogP contribution in [0.5, 0.6) is 0 Å². The van der Waals surface area contributed by atoms with Gasteiger partial charge in [0, 0.05) is 6.54 Å². The van der Waals surface area contributed by atoms with Gasteiger partial charge >= 0.3 is 5.97 Å². The highest BCUT2D eigenvalue weighted by molar-refractivity contribution is 5.76. The Hall–Kier alpha value is -0.680. The average molecular weight is 177 g/mol. The van der Waals surface area contributed by atoms with Gasteiger partial charge in [-0.25, -0.2) is 4.39 Å². The molecule has 0 spiro atoms. The van der Waals surface area contributed by atoms with Gasteiger partial charge in [-0.05, 0) is 6.42 Å². The molecule has 0 saturated carbocycles. The molecule has 1 saturated heterocycles. The summed E-state index contributed by atoms with van der Waals surface area (Å²) in [6.07, 6.45) is -0.378. The van der Waals surface area contributed by atoms with E-state index >= 15 is 0 Å². The molecule has 0 aromatic rings. The summed E-state index contributed by atoms with van der Waals surface area (Å²) < 4.78 is 16.7. The van der Waals surface area contributed by atoms with Crippen LogP contribution < -0.4 is 0 Å². The number of carbonyl (C=O) groups excluding carboxylic acids is 1. The van der Waals surface area contributed by atoms with Crippen molar-refractivity contribution in [2.45, 2.75) is 18.6 Å². The van der Waals surface area contributed by atoms with E-state index in [0.29, 0.717) is 13.0 Å². The number of aliphatic hydroxyl groups is 1. The van der Waals surface area contributed by atoms with E-state index in [9.17, 15) is 14.3 Å². The Bertz CT molecular complexity index is 176. The first-order valence-electron chi connectivity index (χ1n) is 3.76. The molecule has 1 aliphatic rings. The average Bonchev–Trinajstić information content (AvgIpc) is 2.45. The fourth-order valence-corrected chi connectivity index (χ4v) is 1.40. The van der Waals surface area contributed by atoms with Gasteiger partial charge in [-0.3, -0.25) is 9.69 Å². The molecule has 2 atom stereocenters. The van der Waals surface area contributed by atoms with Crippen LogP contribution in [0.3, 0.4) is 0 Å². The molecule has 0 radical (unpaired) electrons. The first-order chi connectivity index (χ1) is 5.70. The standard InChI is InChI=1S/C7H12FNO3/c1-12-7(11)6-5(10)2-3-9(6)4-8/h5-6,10H,2-4H2,1H3. The summed E-state index contributed by atoms with van der Waals surface area (Å²) in [6, 6.07) is -0.819. The summed E-state index contributed by atoms with van der Waals surface area (Å²) >= 11 is 0. The zero-order chi connectivity index (χ0) is 9.14. The summed E-state index contributed by atoms with van der Waals surface area (Å²) in [4.78, 5) is 12.3. The maximum Gasteiger partial charge on any atom is 0.325 e. The lowest BCUT2D eigenvalue weighted by atomic mass is 10.2. The van der Waals surface area contributed by atoms with Gasteiger partial charge < -0.3 is 9.84 Å². The van der Waals surface area contributed by atoms with Crippen LogP contribution in [-0.4, -0.2) is 48.6 Å². The number of likely N-dealkylation sites (tertiary alicyclic amines) is 1. The third-order valence-corrected chi connectivity index (χ3v) is 2.07. The van der Waals surface area contributed by atoms with Crippen molar-refractivity contribution >= 4 is 5.97 Å². The quantitative estimate of drug-likeness (QED) is 0.457. The van der Waals surface area contributed by atoms with Crippen LogP contribution >= 0.6 is 0 Å². The maximum atomic E-state index is 12.2. The lowest BCUT2D eigenvalue weighted by molar-refractivity contribution is -0.149. The van der Waals surface area contributed by atoms with Gasteiger partial charge in [0.15, 0.2) is 0 Å². The highest BCUT2D eigenvalue weighted by Crippen LogP contribution is 2.18. The minimum Gasteiger partial charge on any atom is -0.468 e. The van der Waals surface area contributed by atoms with E-state index in [1.807, 2.05) is 0 Å². The number of esters is 1. The summed E-state index contributed by atoms with van der Waals surface area (Å²) in [6.45, 7) is -0.325. The predicted octanol–water partition coefficient (Wildman–Crippen LogP) is -0.478. The molecule has 4 nitrogen and oxygen atoms in total. The van der Waals surface area contributed by atoms with Gasteiger partial charge in [0.05, 0.1) is 13.2 Å². The van der Waals surface area contributed by atoms with Crippen LogP contribution in [0.1, 0.15) is 6.42 Å². The molecule has 1 fully saturated rings. The minimum absolute atomic E-state index is 0.400. The smallest absolute Gasteiger partial charge is 0.325 e. The fraction of sp³-hybridized carbons (Fsp3) is 0.857. The highest BCUT2D eigenvalue weighted by Gasteiger charge is 2.38. The molecule has 12 heavy (non-hydrogen) atoms. The Balaban J connectivity index is 2.63. The molecule has 1 aliphatic heterocycles. The zero-order valence-corrected chi connectivity index (χ0v) is 6.86. The van der Waals surface area contributed by atoms with Crippen molar-refractivity contribution in [2.75, 3.05) is 20.5 Å². The van der Waals surface area contributed by atoms with Crippen molar-refractivity contribution in [3.05, 3.63) is 0 Å². The molecule has 1 heterocycles. The topological polar surface area (TPSA) is 49.8 Å². The number of methoxy groups -OCH3 is 1. The molecule has 5 heteroatoms. The lowest BCUT2D eigenvalue weighted by Crippen LogP contribution is -2.42.